The Morgan fingerprint density at radius 2 is 1.57 bits per heavy atom. The molecule has 1 heterocycles. The Morgan fingerprint density at radius 1 is 0.867 bits per heavy atom. The summed E-state index contributed by atoms with van der Waals surface area (Å²) in [5.74, 6) is 0.208. The van der Waals surface area contributed by atoms with E-state index in [1.165, 1.54) is 16.0 Å². The lowest BCUT2D eigenvalue weighted by molar-refractivity contribution is -0.111. The fourth-order valence-corrected chi connectivity index (χ4v) is 4.32. The molecule has 6 heteroatoms. The molecule has 1 saturated heterocycles. The molecule has 0 atom stereocenters. The van der Waals surface area contributed by atoms with Crippen molar-refractivity contribution < 1.29 is 14.3 Å². The average Bonchev–Trinajstić information content (AvgIpc) is 3.23. The van der Waals surface area contributed by atoms with Crippen LogP contribution in [0, 0.1) is 0 Å². The summed E-state index contributed by atoms with van der Waals surface area (Å²) < 4.78 is 5.44. The number of hydrogen-bond acceptors (Lipinski definition) is 4. The number of imide groups is 1. The molecule has 0 N–H and O–H groups in total. The van der Waals surface area contributed by atoms with Gasteiger partial charge in [0.25, 0.3) is 5.91 Å². The first-order chi connectivity index (χ1) is 14.6. The molecule has 0 radical (unpaired) electrons. The standard InChI is InChI=1S/C24H18N2O3S/c1-2-29-19-10-7-17(8-11-19)26-23(30)22(27)25(24(26)28)18-9-12-21-16(14-18)13-15-5-3-4-6-20(15)21/h3-12,14H,2,13H2,1H3. The first-order valence-electron chi connectivity index (χ1n) is 9.75. The van der Waals surface area contributed by atoms with Crippen LogP contribution in [0.5, 0.6) is 5.75 Å². The summed E-state index contributed by atoms with van der Waals surface area (Å²) >= 11 is 5.32. The molecule has 1 aliphatic heterocycles. The summed E-state index contributed by atoms with van der Waals surface area (Å²) in [6.07, 6.45) is 0.780. The molecule has 0 bridgehead atoms. The minimum absolute atomic E-state index is 0.0343. The van der Waals surface area contributed by atoms with Gasteiger partial charge in [-0.05, 0) is 72.0 Å². The van der Waals surface area contributed by atoms with E-state index >= 15 is 0 Å². The van der Waals surface area contributed by atoms with E-state index in [-0.39, 0.29) is 4.99 Å². The van der Waals surface area contributed by atoms with Gasteiger partial charge >= 0.3 is 6.03 Å². The van der Waals surface area contributed by atoms with E-state index in [9.17, 15) is 9.59 Å². The van der Waals surface area contributed by atoms with E-state index in [0.717, 1.165) is 22.4 Å². The van der Waals surface area contributed by atoms with E-state index in [4.69, 9.17) is 17.0 Å². The highest BCUT2D eigenvalue weighted by Gasteiger charge is 2.43. The Kier molecular flexibility index (Phi) is 4.37. The SMILES string of the molecule is CCOc1ccc(N2C(=O)N(c3ccc4c(c3)Cc3ccccc3-4)C(=O)C2=S)cc1. The Hall–Kier alpha value is -3.51. The molecule has 148 valence electrons. The minimum atomic E-state index is -0.487. The van der Waals surface area contributed by atoms with Crippen LogP contribution in [0.2, 0.25) is 0 Å². The van der Waals surface area contributed by atoms with Crippen LogP contribution in [0.3, 0.4) is 0 Å². The Bertz CT molecular complexity index is 1200. The normalized spacial score (nSPS) is 14.9. The smallest absolute Gasteiger partial charge is 0.341 e. The van der Waals surface area contributed by atoms with Crippen molar-refractivity contribution in [2.75, 3.05) is 16.4 Å². The number of ether oxygens (including phenoxy) is 1. The van der Waals surface area contributed by atoms with Crippen LogP contribution in [0.4, 0.5) is 16.2 Å². The number of anilines is 2. The predicted molar refractivity (Wildman–Crippen MR) is 120 cm³/mol. The van der Waals surface area contributed by atoms with Gasteiger partial charge in [-0.2, -0.15) is 0 Å². The van der Waals surface area contributed by atoms with Crippen LogP contribution >= 0.6 is 12.2 Å². The summed E-state index contributed by atoms with van der Waals surface area (Å²) in [5.41, 5.74) is 5.75. The average molecular weight is 414 g/mol. The zero-order chi connectivity index (χ0) is 20.8. The number of benzene rings is 3. The molecule has 1 aliphatic carbocycles. The lowest BCUT2D eigenvalue weighted by Gasteiger charge is -2.17. The molecule has 0 saturated carbocycles. The quantitative estimate of drug-likeness (QED) is 0.350. The first-order valence-corrected chi connectivity index (χ1v) is 10.2. The van der Waals surface area contributed by atoms with Crippen molar-refractivity contribution in [1.29, 1.82) is 0 Å². The molecule has 0 spiro atoms. The second-order valence-corrected chi connectivity index (χ2v) is 7.55. The number of fused-ring (bicyclic) bond motifs is 3. The molecule has 0 aromatic heterocycles. The van der Waals surface area contributed by atoms with Gasteiger partial charge in [-0.1, -0.05) is 42.5 Å². The topological polar surface area (TPSA) is 49.9 Å². The number of amides is 3. The number of thiocarbonyl (C=S) groups is 1. The highest BCUT2D eigenvalue weighted by Crippen LogP contribution is 2.39. The zero-order valence-electron chi connectivity index (χ0n) is 16.3. The highest BCUT2D eigenvalue weighted by molar-refractivity contribution is 7.82. The molecule has 2 aliphatic rings. The fraction of sp³-hybridized carbons (Fsp3) is 0.125. The lowest BCUT2D eigenvalue weighted by atomic mass is 10.1. The van der Waals surface area contributed by atoms with Gasteiger partial charge in [-0.3, -0.25) is 4.79 Å². The molecule has 3 aromatic rings. The van der Waals surface area contributed by atoms with Crippen molar-refractivity contribution in [3.8, 4) is 16.9 Å². The van der Waals surface area contributed by atoms with Crippen molar-refractivity contribution in [3.63, 3.8) is 0 Å². The van der Waals surface area contributed by atoms with Crippen LogP contribution < -0.4 is 14.5 Å². The minimum Gasteiger partial charge on any atom is -0.494 e. The highest BCUT2D eigenvalue weighted by atomic mass is 32.1. The molecule has 3 aromatic carbocycles. The van der Waals surface area contributed by atoms with E-state index in [1.54, 1.807) is 30.3 Å². The van der Waals surface area contributed by atoms with Crippen LogP contribution in [0.25, 0.3) is 11.1 Å². The van der Waals surface area contributed by atoms with Gasteiger partial charge in [-0.15, -0.1) is 0 Å². The molecule has 3 amide bonds. The maximum absolute atomic E-state index is 13.2. The van der Waals surface area contributed by atoms with Gasteiger partial charge in [0.1, 0.15) is 5.75 Å². The Balaban J connectivity index is 1.47. The molecule has 1 fully saturated rings. The predicted octanol–water partition coefficient (Wildman–Crippen LogP) is 4.96. The van der Waals surface area contributed by atoms with Gasteiger partial charge in [0, 0.05) is 0 Å². The fourth-order valence-electron chi connectivity index (χ4n) is 4.05. The van der Waals surface area contributed by atoms with Crippen molar-refractivity contribution >= 4 is 40.5 Å². The van der Waals surface area contributed by atoms with Crippen molar-refractivity contribution in [2.24, 2.45) is 0 Å². The molecule has 0 unspecified atom stereocenters. The van der Waals surface area contributed by atoms with Gasteiger partial charge in [0.05, 0.1) is 18.0 Å². The van der Waals surface area contributed by atoms with E-state index in [1.807, 2.05) is 31.2 Å². The molecular weight excluding hydrogens is 396 g/mol. The van der Waals surface area contributed by atoms with Crippen molar-refractivity contribution in [2.45, 2.75) is 13.3 Å². The van der Waals surface area contributed by atoms with E-state index in [0.29, 0.717) is 23.7 Å². The molecule has 30 heavy (non-hydrogen) atoms. The van der Waals surface area contributed by atoms with Gasteiger partial charge in [0.15, 0.2) is 4.99 Å². The summed E-state index contributed by atoms with van der Waals surface area (Å²) in [7, 11) is 0. The molecule has 5 rings (SSSR count). The summed E-state index contributed by atoms with van der Waals surface area (Å²) in [6.45, 7) is 2.45. The number of carbonyl (C=O) groups excluding carboxylic acids is 2. The zero-order valence-corrected chi connectivity index (χ0v) is 17.1. The van der Waals surface area contributed by atoms with Crippen LogP contribution in [0.15, 0.2) is 66.7 Å². The molecular formula is C24H18N2O3S. The number of nitrogens with zero attached hydrogens (tertiary/aromatic N) is 2. The van der Waals surface area contributed by atoms with Crippen LogP contribution in [-0.4, -0.2) is 23.5 Å². The number of hydrogen-bond donors (Lipinski definition) is 0. The van der Waals surface area contributed by atoms with Gasteiger partial charge < -0.3 is 4.74 Å². The number of carbonyl (C=O) groups is 2. The largest absolute Gasteiger partial charge is 0.494 e. The molecule has 5 nitrogen and oxygen atoms in total. The third-order valence-corrected chi connectivity index (χ3v) is 5.77. The maximum Gasteiger partial charge on any atom is 0.341 e. The van der Waals surface area contributed by atoms with Crippen molar-refractivity contribution in [3.05, 3.63) is 77.9 Å². The maximum atomic E-state index is 13.2. The third-order valence-electron chi connectivity index (χ3n) is 5.41. The second kappa shape index (κ2) is 7.07. The number of urea groups is 1. The third kappa shape index (κ3) is 2.80. The van der Waals surface area contributed by atoms with Gasteiger partial charge in [-0.25, -0.2) is 14.6 Å². The second-order valence-electron chi connectivity index (χ2n) is 7.17. The van der Waals surface area contributed by atoms with Crippen LogP contribution in [-0.2, 0) is 11.2 Å². The number of rotatable bonds is 4. The van der Waals surface area contributed by atoms with E-state index < -0.39 is 11.9 Å². The summed E-state index contributed by atoms with van der Waals surface area (Å²) in [6, 6.07) is 20.4. The van der Waals surface area contributed by atoms with Gasteiger partial charge in [0.2, 0.25) is 0 Å². The van der Waals surface area contributed by atoms with Crippen molar-refractivity contribution in [1.82, 2.24) is 0 Å². The summed E-state index contributed by atoms with van der Waals surface area (Å²) in [4.78, 5) is 28.4. The van der Waals surface area contributed by atoms with E-state index in [2.05, 4.69) is 12.1 Å². The first kappa shape index (κ1) is 18.5. The summed E-state index contributed by atoms with van der Waals surface area (Å²) in [5, 5.41) is 0. The van der Waals surface area contributed by atoms with Crippen LogP contribution in [0.1, 0.15) is 18.1 Å². The lowest BCUT2D eigenvalue weighted by Crippen LogP contribution is -2.33. The monoisotopic (exact) mass is 414 g/mol. The Morgan fingerprint density at radius 3 is 2.33 bits per heavy atom. The Labute approximate surface area is 179 Å².